The molecule has 1 heterocycles. The van der Waals surface area contributed by atoms with E-state index in [0.29, 0.717) is 4.80 Å². The molecule has 0 aliphatic heterocycles. The van der Waals surface area contributed by atoms with Crippen molar-refractivity contribution in [3.8, 4) is 0 Å². The van der Waals surface area contributed by atoms with Crippen molar-refractivity contribution in [2.24, 2.45) is 0 Å². The molecule has 11 heavy (non-hydrogen) atoms. The predicted octanol–water partition coefficient (Wildman–Crippen LogP) is 2.98. The third kappa shape index (κ3) is 3.06. The molecule has 3 heteroatoms. The number of hydrogen-bond acceptors (Lipinski definition) is 2. The molecule has 0 atom stereocenters. The first-order valence-corrected chi connectivity index (χ1v) is 4.51. The van der Waals surface area contributed by atoms with Gasteiger partial charge in [0.15, 0.2) is 0 Å². The van der Waals surface area contributed by atoms with Gasteiger partial charge in [-0.2, -0.15) is 0 Å². The van der Waals surface area contributed by atoms with Crippen LogP contribution in [0.15, 0.2) is 15.5 Å². The Labute approximate surface area is 75.1 Å². The number of halogens is 1. The molecule has 0 aromatic carbocycles. The van der Waals surface area contributed by atoms with E-state index in [9.17, 15) is 0 Å². The summed E-state index contributed by atoms with van der Waals surface area (Å²) < 4.78 is 4.99. The van der Waals surface area contributed by atoms with Gasteiger partial charge < -0.3 is 4.42 Å². The van der Waals surface area contributed by atoms with E-state index in [1.807, 2.05) is 0 Å². The van der Waals surface area contributed by atoms with Crippen molar-refractivity contribution in [1.82, 2.24) is 4.98 Å². The molecule has 0 aliphatic carbocycles. The molecule has 2 nitrogen and oxygen atoms in total. The lowest BCUT2D eigenvalue weighted by atomic mass is 10.2. The topological polar surface area (TPSA) is 26.0 Å². The monoisotopic (exact) mass is 216 g/mol. The van der Waals surface area contributed by atoms with Crippen LogP contribution in [-0.4, -0.2) is 4.98 Å². The van der Waals surface area contributed by atoms with E-state index in [2.05, 4.69) is 27.8 Å². The molecular weight excluding hydrogens is 206 g/mol. The summed E-state index contributed by atoms with van der Waals surface area (Å²) in [6.07, 6.45) is 5.98. The molecule has 1 rings (SSSR count). The third-order valence-electron chi connectivity index (χ3n) is 1.46. The summed E-state index contributed by atoms with van der Waals surface area (Å²) in [5.74, 6) is 0. The van der Waals surface area contributed by atoms with Crippen molar-refractivity contribution in [3.63, 3.8) is 0 Å². The first kappa shape index (κ1) is 8.78. The average molecular weight is 217 g/mol. The number of unbranched alkanes of at least 4 members (excludes halogenated alkanes) is 2. The number of nitrogens with zero attached hydrogens (tertiary/aromatic N) is 1. The zero-order valence-electron chi connectivity index (χ0n) is 6.35. The average Bonchev–Trinajstić information content (AvgIpc) is 2.37. The first-order chi connectivity index (χ1) is 5.33. The molecule has 0 bridgehead atoms. The highest BCUT2D eigenvalue weighted by Crippen LogP contribution is 2.10. The zero-order chi connectivity index (χ0) is 8.10. The molecule has 0 saturated carbocycles. The van der Waals surface area contributed by atoms with Crippen molar-refractivity contribution in [3.05, 3.63) is 23.7 Å². The van der Waals surface area contributed by atoms with Crippen LogP contribution in [0.1, 0.15) is 25.0 Å². The first-order valence-electron chi connectivity index (χ1n) is 3.72. The fraction of sp³-hybridized carbons (Fsp3) is 0.500. The highest BCUT2D eigenvalue weighted by Gasteiger charge is 1.98. The number of aromatic nitrogens is 1. The maximum Gasteiger partial charge on any atom is 0.264 e. The van der Waals surface area contributed by atoms with Crippen LogP contribution in [0.2, 0.25) is 0 Å². The maximum absolute atomic E-state index is 4.99. The minimum atomic E-state index is 0.571. The van der Waals surface area contributed by atoms with Gasteiger partial charge in [-0.05, 0) is 12.8 Å². The summed E-state index contributed by atoms with van der Waals surface area (Å²) in [6, 6.07) is 0. The van der Waals surface area contributed by atoms with Gasteiger partial charge in [-0.3, -0.25) is 0 Å². The van der Waals surface area contributed by atoms with E-state index in [1.54, 1.807) is 6.26 Å². The van der Waals surface area contributed by atoms with Crippen LogP contribution in [0.25, 0.3) is 0 Å². The molecule has 0 amide bonds. The summed E-state index contributed by atoms with van der Waals surface area (Å²) >= 11 is 3.15. The molecule has 1 aromatic heterocycles. The third-order valence-corrected chi connectivity index (χ3v) is 1.82. The van der Waals surface area contributed by atoms with Gasteiger partial charge in [0.25, 0.3) is 4.80 Å². The van der Waals surface area contributed by atoms with Crippen molar-refractivity contribution in [2.45, 2.75) is 25.7 Å². The lowest BCUT2D eigenvalue weighted by Crippen LogP contribution is -1.84. The maximum atomic E-state index is 4.99. The summed E-state index contributed by atoms with van der Waals surface area (Å²) in [5.41, 5.74) is 1.02. The Hall–Kier alpha value is -0.310. The van der Waals surface area contributed by atoms with Gasteiger partial charge in [-0.1, -0.05) is 19.8 Å². The van der Waals surface area contributed by atoms with Gasteiger partial charge in [0.05, 0.1) is 5.69 Å². The molecule has 0 unspecified atom stereocenters. The Bertz CT molecular complexity index is 210. The quantitative estimate of drug-likeness (QED) is 0.724. The van der Waals surface area contributed by atoms with Gasteiger partial charge in [-0.25, -0.2) is 4.98 Å². The van der Waals surface area contributed by atoms with Crippen LogP contribution in [0.4, 0.5) is 0 Å². The smallest absolute Gasteiger partial charge is 0.264 e. The second-order valence-corrected chi connectivity index (χ2v) is 3.08. The highest BCUT2D eigenvalue weighted by molar-refractivity contribution is 9.10. The van der Waals surface area contributed by atoms with E-state index >= 15 is 0 Å². The fourth-order valence-electron chi connectivity index (χ4n) is 0.880. The standard InChI is InChI=1S/C8H11BrNO/c1-2-3-4-5-7-6-11-8(9)10-7/h6H,1-5H2. The number of rotatable bonds is 4. The van der Waals surface area contributed by atoms with E-state index in [0.717, 1.165) is 31.4 Å². The van der Waals surface area contributed by atoms with Gasteiger partial charge in [0.2, 0.25) is 0 Å². The Balaban J connectivity index is 2.27. The van der Waals surface area contributed by atoms with Crippen LogP contribution in [-0.2, 0) is 6.42 Å². The number of aryl methyl sites for hydroxylation is 1. The zero-order valence-corrected chi connectivity index (χ0v) is 7.93. The Kier molecular flexibility index (Phi) is 3.63. The normalized spacial score (nSPS) is 10.4. The molecule has 0 aliphatic rings. The molecule has 0 fully saturated rings. The minimum Gasteiger partial charge on any atom is -0.439 e. The van der Waals surface area contributed by atoms with Crippen molar-refractivity contribution < 1.29 is 4.42 Å². The molecule has 61 valence electrons. The molecule has 1 radical (unpaired) electrons. The second-order valence-electron chi connectivity index (χ2n) is 2.40. The fourth-order valence-corrected chi connectivity index (χ4v) is 1.20. The van der Waals surface area contributed by atoms with E-state index in [1.165, 1.54) is 0 Å². The van der Waals surface area contributed by atoms with E-state index in [4.69, 9.17) is 4.42 Å². The summed E-state index contributed by atoms with van der Waals surface area (Å²) in [4.78, 5) is 4.68. The van der Waals surface area contributed by atoms with E-state index in [-0.39, 0.29) is 0 Å². The highest BCUT2D eigenvalue weighted by atomic mass is 79.9. The summed E-state index contributed by atoms with van der Waals surface area (Å²) in [5, 5.41) is 0. The largest absolute Gasteiger partial charge is 0.439 e. The summed E-state index contributed by atoms with van der Waals surface area (Å²) in [6.45, 7) is 3.77. The molecule has 0 spiro atoms. The Morgan fingerprint density at radius 2 is 2.36 bits per heavy atom. The Morgan fingerprint density at radius 1 is 1.55 bits per heavy atom. The lowest BCUT2D eigenvalue weighted by molar-refractivity contribution is 0.527. The van der Waals surface area contributed by atoms with Gasteiger partial charge in [0.1, 0.15) is 6.26 Å². The lowest BCUT2D eigenvalue weighted by Gasteiger charge is -1.91. The van der Waals surface area contributed by atoms with E-state index < -0.39 is 0 Å². The van der Waals surface area contributed by atoms with Crippen LogP contribution in [0.5, 0.6) is 0 Å². The number of oxazole rings is 1. The van der Waals surface area contributed by atoms with Gasteiger partial charge >= 0.3 is 0 Å². The van der Waals surface area contributed by atoms with Crippen LogP contribution >= 0.6 is 15.9 Å². The second kappa shape index (κ2) is 4.54. The molecule has 0 N–H and O–H groups in total. The van der Waals surface area contributed by atoms with Crippen molar-refractivity contribution in [1.29, 1.82) is 0 Å². The van der Waals surface area contributed by atoms with Crippen molar-refractivity contribution in [2.75, 3.05) is 0 Å². The predicted molar refractivity (Wildman–Crippen MR) is 47.1 cm³/mol. The Morgan fingerprint density at radius 3 is 2.91 bits per heavy atom. The minimum absolute atomic E-state index is 0.571. The summed E-state index contributed by atoms with van der Waals surface area (Å²) in [7, 11) is 0. The molecular formula is C8H11BrNO. The van der Waals surface area contributed by atoms with Gasteiger partial charge in [-0.15, -0.1) is 0 Å². The van der Waals surface area contributed by atoms with Crippen molar-refractivity contribution >= 4 is 15.9 Å². The molecule has 0 saturated heterocycles. The van der Waals surface area contributed by atoms with Crippen LogP contribution in [0, 0.1) is 6.92 Å². The number of hydrogen-bond donors (Lipinski definition) is 0. The molecule has 1 aromatic rings. The van der Waals surface area contributed by atoms with Crippen LogP contribution < -0.4 is 0 Å². The van der Waals surface area contributed by atoms with Crippen LogP contribution in [0.3, 0.4) is 0 Å². The van der Waals surface area contributed by atoms with Gasteiger partial charge in [0, 0.05) is 15.9 Å². The SMILES string of the molecule is [CH2]CCCCc1coc(Br)n1.